The lowest BCUT2D eigenvalue weighted by molar-refractivity contribution is -0.652. The van der Waals surface area contributed by atoms with E-state index in [1.807, 2.05) is 19.9 Å². The molecule has 90 valence electrons. The van der Waals surface area contributed by atoms with Crippen molar-refractivity contribution in [3.63, 3.8) is 0 Å². The van der Waals surface area contributed by atoms with Crippen molar-refractivity contribution in [2.45, 2.75) is 20.8 Å². The van der Waals surface area contributed by atoms with Crippen LogP contribution in [0.5, 0.6) is 5.75 Å². The number of benzene rings is 1. The second kappa shape index (κ2) is 6.33. The van der Waals surface area contributed by atoms with E-state index in [0.717, 1.165) is 35.0 Å². The molecule has 0 heterocycles. The molecule has 0 fully saturated rings. The van der Waals surface area contributed by atoms with Gasteiger partial charge in [0.1, 0.15) is 18.9 Å². The molecule has 0 unspecified atom stereocenters. The molecule has 4 heteroatoms. The van der Waals surface area contributed by atoms with Crippen LogP contribution in [0.4, 0.5) is 0 Å². The molecule has 0 aliphatic heterocycles. The highest BCUT2D eigenvalue weighted by molar-refractivity contribution is 6.37. The molecule has 0 aliphatic carbocycles. The summed E-state index contributed by atoms with van der Waals surface area (Å²) in [5, 5.41) is 3.52. The molecule has 2 nitrogen and oxygen atoms in total. The number of halogens is 2. The Morgan fingerprint density at radius 2 is 1.94 bits per heavy atom. The summed E-state index contributed by atoms with van der Waals surface area (Å²) in [5.74, 6) is 0.727. The van der Waals surface area contributed by atoms with Crippen molar-refractivity contribution >= 4 is 23.2 Å². The SMILES string of the molecule is CC[NH2+]CCOc1cc(C)c(Cl)c(C)c1Cl. The van der Waals surface area contributed by atoms with Crippen molar-refractivity contribution in [2.75, 3.05) is 19.7 Å². The van der Waals surface area contributed by atoms with Gasteiger partial charge in [-0.25, -0.2) is 0 Å². The van der Waals surface area contributed by atoms with Gasteiger partial charge >= 0.3 is 0 Å². The Balaban J connectivity index is 2.73. The Hall–Kier alpha value is -0.440. The molecule has 0 atom stereocenters. The molecule has 0 spiro atoms. The number of hydrogen-bond acceptors (Lipinski definition) is 1. The first-order valence-electron chi connectivity index (χ1n) is 5.47. The van der Waals surface area contributed by atoms with Crippen molar-refractivity contribution in [3.8, 4) is 5.75 Å². The van der Waals surface area contributed by atoms with Crippen LogP contribution in [-0.4, -0.2) is 19.7 Å². The lowest BCUT2D eigenvalue weighted by Crippen LogP contribution is -2.84. The van der Waals surface area contributed by atoms with Crippen LogP contribution < -0.4 is 10.1 Å². The van der Waals surface area contributed by atoms with Crippen LogP contribution in [0.2, 0.25) is 10.0 Å². The van der Waals surface area contributed by atoms with E-state index in [2.05, 4.69) is 12.2 Å². The molecule has 1 rings (SSSR count). The molecule has 0 aliphatic rings. The fourth-order valence-corrected chi connectivity index (χ4v) is 1.86. The molecule has 0 bridgehead atoms. The van der Waals surface area contributed by atoms with Gasteiger partial charge < -0.3 is 10.1 Å². The third-order valence-electron chi connectivity index (χ3n) is 2.44. The third-order valence-corrected chi connectivity index (χ3v) is 3.49. The normalized spacial score (nSPS) is 10.6. The standard InChI is InChI=1S/C12H17Cl2NO/c1-4-15-5-6-16-10-7-8(2)11(13)9(3)12(10)14/h7,15H,4-6H2,1-3H3/p+1. The number of aryl methyl sites for hydroxylation is 1. The van der Waals surface area contributed by atoms with E-state index >= 15 is 0 Å². The zero-order valence-electron chi connectivity index (χ0n) is 9.94. The molecule has 16 heavy (non-hydrogen) atoms. The van der Waals surface area contributed by atoms with Gasteiger partial charge in [0.05, 0.1) is 11.6 Å². The van der Waals surface area contributed by atoms with Crippen molar-refractivity contribution in [3.05, 3.63) is 27.2 Å². The summed E-state index contributed by atoms with van der Waals surface area (Å²) in [4.78, 5) is 0. The van der Waals surface area contributed by atoms with Crippen LogP contribution in [0, 0.1) is 13.8 Å². The van der Waals surface area contributed by atoms with Crippen LogP contribution in [0.25, 0.3) is 0 Å². The van der Waals surface area contributed by atoms with Gasteiger partial charge in [0.15, 0.2) is 0 Å². The van der Waals surface area contributed by atoms with Crippen LogP contribution in [0.3, 0.4) is 0 Å². The first-order chi connectivity index (χ1) is 7.57. The van der Waals surface area contributed by atoms with Gasteiger partial charge in [0.25, 0.3) is 0 Å². The first-order valence-corrected chi connectivity index (χ1v) is 6.23. The van der Waals surface area contributed by atoms with Crippen molar-refractivity contribution in [1.29, 1.82) is 0 Å². The van der Waals surface area contributed by atoms with Gasteiger partial charge in [-0.15, -0.1) is 0 Å². The van der Waals surface area contributed by atoms with Crippen LogP contribution in [-0.2, 0) is 0 Å². The lowest BCUT2D eigenvalue weighted by atomic mass is 10.1. The van der Waals surface area contributed by atoms with Crippen molar-refractivity contribution < 1.29 is 10.1 Å². The summed E-state index contributed by atoms with van der Waals surface area (Å²) in [6.45, 7) is 8.64. The second-order valence-corrected chi connectivity index (χ2v) is 4.53. The highest BCUT2D eigenvalue weighted by Gasteiger charge is 2.11. The maximum Gasteiger partial charge on any atom is 0.138 e. The van der Waals surface area contributed by atoms with Crippen molar-refractivity contribution in [1.82, 2.24) is 0 Å². The summed E-state index contributed by atoms with van der Waals surface area (Å²) < 4.78 is 5.63. The summed E-state index contributed by atoms with van der Waals surface area (Å²) in [6.07, 6.45) is 0. The zero-order chi connectivity index (χ0) is 12.1. The predicted octanol–water partition coefficient (Wildman–Crippen LogP) is 2.57. The van der Waals surface area contributed by atoms with Gasteiger partial charge in [-0.1, -0.05) is 23.2 Å². The topological polar surface area (TPSA) is 25.8 Å². The summed E-state index contributed by atoms with van der Waals surface area (Å²) >= 11 is 12.3. The molecule has 1 aromatic rings. The Bertz CT molecular complexity index is 367. The molecule has 0 saturated carbocycles. The Kier molecular flexibility index (Phi) is 5.39. The average Bonchev–Trinajstić information content (AvgIpc) is 2.28. The monoisotopic (exact) mass is 262 g/mol. The fourth-order valence-electron chi connectivity index (χ4n) is 1.46. The van der Waals surface area contributed by atoms with E-state index in [9.17, 15) is 0 Å². The summed E-state index contributed by atoms with van der Waals surface area (Å²) in [7, 11) is 0. The quantitative estimate of drug-likeness (QED) is 0.812. The minimum atomic E-state index is 0.618. The second-order valence-electron chi connectivity index (χ2n) is 3.78. The van der Waals surface area contributed by atoms with E-state index in [0.29, 0.717) is 11.6 Å². The fraction of sp³-hybridized carbons (Fsp3) is 0.500. The third kappa shape index (κ3) is 3.27. The van der Waals surface area contributed by atoms with E-state index < -0.39 is 0 Å². The van der Waals surface area contributed by atoms with Gasteiger partial charge in [-0.2, -0.15) is 0 Å². The highest BCUT2D eigenvalue weighted by Crippen LogP contribution is 2.35. The summed E-state index contributed by atoms with van der Waals surface area (Å²) in [6, 6.07) is 1.89. The number of ether oxygens (including phenoxy) is 1. The van der Waals surface area contributed by atoms with Crippen molar-refractivity contribution in [2.24, 2.45) is 0 Å². The van der Waals surface area contributed by atoms with E-state index in [4.69, 9.17) is 27.9 Å². The summed E-state index contributed by atoms with van der Waals surface area (Å²) in [5.41, 5.74) is 1.89. The van der Waals surface area contributed by atoms with Gasteiger partial charge in [-0.05, 0) is 38.0 Å². The van der Waals surface area contributed by atoms with Gasteiger partial charge in [0.2, 0.25) is 0 Å². The highest BCUT2D eigenvalue weighted by atomic mass is 35.5. The number of quaternary nitrogens is 1. The molecule has 0 radical (unpaired) electrons. The van der Waals surface area contributed by atoms with E-state index in [1.54, 1.807) is 0 Å². The molecular formula is C12H18Cl2NO+. The molecule has 1 aromatic carbocycles. The van der Waals surface area contributed by atoms with E-state index in [1.165, 1.54) is 0 Å². The maximum atomic E-state index is 6.16. The number of nitrogens with two attached hydrogens (primary N) is 1. The van der Waals surface area contributed by atoms with Crippen LogP contribution >= 0.6 is 23.2 Å². The Morgan fingerprint density at radius 3 is 2.56 bits per heavy atom. The first kappa shape index (κ1) is 13.6. The Labute approximate surface area is 107 Å². The van der Waals surface area contributed by atoms with E-state index in [-0.39, 0.29) is 0 Å². The predicted molar refractivity (Wildman–Crippen MR) is 68.8 cm³/mol. The zero-order valence-corrected chi connectivity index (χ0v) is 11.5. The Morgan fingerprint density at radius 1 is 1.25 bits per heavy atom. The molecule has 0 saturated heterocycles. The van der Waals surface area contributed by atoms with Gasteiger partial charge in [0, 0.05) is 5.02 Å². The maximum absolute atomic E-state index is 6.16. The largest absolute Gasteiger partial charge is 0.486 e. The number of likely N-dealkylation sites (N-methyl/N-ethyl adjacent to an activating group) is 1. The molecule has 0 amide bonds. The minimum absolute atomic E-state index is 0.618. The number of hydrogen-bond donors (Lipinski definition) is 1. The molecular weight excluding hydrogens is 245 g/mol. The smallest absolute Gasteiger partial charge is 0.138 e. The molecule has 0 aromatic heterocycles. The van der Waals surface area contributed by atoms with Crippen LogP contribution in [0.15, 0.2) is 6.07 Å². The van der Waals surface area contributed by atoms with Crippen LogP contribution in [0.1, 0.15) is 18.1 Å². The minimum Gasteiger partial charge on any atom is -0.486 e. The number of rotatable bonds is 5. The lowest BCUT2D eigenvalue weighted by Gasteiger charge is -2.12. The van der Waals surface area contributed by atoms with Gasteiger partial charge in [-0.3, -0.25) is 0 Å². The molecule has 2 N–H and O–H groups in total. The average molecular weight is 263 g/mol.